The van der Waals surface area contributed by atoms with E-state index in [1.807, 2.05) is 0 Å². The van der Waals surface area contributed by atoms with E-state index in [9.17, 15) is 14.4 Å². The van der Waals surface area contributed by atoms with Crippen molar-refractivity contribution in [3.05, 3.63) is 0 Å². The zero-order valence-electron chi connectivity index (χ0n) is 35.6. The number of hydrogen-bond donors (Lipinski definition) is 0. The van der Waals surface area contributed by atoms with Gasteiger partial charge >= 0.3 is 17.9 Å². The summed E-state index contributed by atoms with van der Waals surface area (Å²) in [6.45, 7) is 13.6. The Morgan fingerprint density at radius 2 is 0.673 bits per heavy atom. The highest BCUT2D eigenvalue weighted by Gasteiger charge is 2.19. The standard InChI is InChI=1S/C46H88O6/c1-7-42(6)34-28-22-17-19-24-30-36-45(48)51-39-43(52-46(49)37-31-25-18-16-21-27-33-41(4)5)38-50-44(47)35-29-23-15-13-11-9-8-10-12-14-20-26-32-40(2)3/h40-43H,7-39H2,1-6H3/t42?,43-/m0/s1. The van der Waals surface area contributed by atoms with Gasteiger partial charge in [-0.25, -0.2) is 0 Å². The molecule has 6 nitrogen and oxygen atoms in total. The van der Waals surface area contributed by atoms with Gasteiger partial charge in [0, 0.05) is 19.3 Å². The second-order valence-electron chi connectivity index (χ2n) is 16.9. The molecular formula is C46H88O6. The van der Waals surface area contributed by atoms with Crippen molar-refractivity contribution in [2.45, 2.75) is 247 Å². The highest BCUT2D eigenvalue weighted by Crippen LogP contribution is 2.17. The van der Waals surface area contributed by atoms with Gasteiger partial charge < -0.3 is 14.2 Å². The van der Waals surface area contributed by atoms with E-state index in [2.05, 4.69) is 41.5 Å². The van der Waals surface area contributed by atoms with Crippen LogP contribution in [0, 0.1) is 17.8 Å². The normalized spacial score (nSPS) is 12.7. The largest absolute Gasteiger partial charge is 0.462 e. The number of esters is 3. The van der Waals surface area contributed by atoms with Crippen LogP contribution in [0.2, 0.25) is 0 Å². The molecule has 0 fully saturated rings. The predicted molar refractivity (Wildman–Crippen MR) is 219 cm³/mol. The lowest BCUT2D eigenvalue weighted by Gasteiger charge is -2.18. The van der Waals surface area contributed by atoms with Crippen LogP contribution in [0.1, 0.15) is 241 Å². The Hall–Kier alpha value is -1.59. The highest BCUT2D eigenvalue weighted by atomic mass is 16.6. The lowest BCUT2D eigenvalue weighted by molar-refractivity contribution is -0.167. The van der Waals surface area contributed by atoms with E-state index in [0.717, 1.165) is 75.5 Å². The lowest BCUT2D eigenvalue weighted by Crippen LogP contribution is -2.30. The van der Waals surface area contributed by atoms with E-state index in [1.165, 1.54) is 122 Å². The molecule has 0 radical (unpaired) electrons. The number of hydrogen-bond acceptors (Lipinski definition) is 6. The van der Waals surface area contributed by atoms with Gasteiger partial charge in [-0.15, -0.1) is 0 Å². The van der Waals surface area contributed by atoms with Crippen LogP contribution in [0.3, 0.4) is 0 Å². The van der Waals surface area contributed by atoms with Crippen molar-refractivity contribution < 1.29 is 28.6 Å². The Morgan fingerprint density at radius 1 is 0.385 bits per heavy atom. The van der Waals surface area contributed by atoms with Crippen LogP contribution in [0.25, 0.3) is 0 Å². The predicted octanol–water partition coefficient (Wildman–Crippen LogP) is 14.0. The molecule has 6 heteroatoms. The molecule has 0 heterocycles. The van der Waals surface area contributed by atoms with Crippen LogP contribution in [0.5, 0.6) is 0 Å². The molecule has 0 saturated carbocycles. The first-order valence-corrected chi connectivity index (χ1v) is 22.6. The zero-order chi connectivity index (χ0) is 38.5. The Bertz CT molecular complexity index is 809. The van der Waals surface area contributed by atoms with E-state index >= 15 is 0 Å². The van der Waals surface area contributed by atoms with Crippen molar-refractivity contribution in [1.82, 2.24) is 0 Å². The molecule has 0 amide bonds. The van der Waals surface area contributed by atoms with Crippen molar-refractivity contribution in [1.29, 1.82) is 0 Å². The minimum atomic E-state index is -0.762. The van der Waals surface area contributed by atoms with Gasteiger partial charge in [0.2, 0.25) is 0 Å². The van der Waals surface area contributed by atoms with Crippen molar-refractivity contribution in [3.63, 3.8) is 0 Å². The van der Waals surface area contributed by atoms with Gasteiger partial charge in [-0.3, -0.25) is 14.4 Å². The monoisotopic (exact) mass is 737 g/mol. The molecule has 0 aliphatic rings. The first-order chi connectivity index (χ1) is 25.1. The van der Waals surface area contributed by atoms with Crippen LogP contribution in [0.15, 0.2) is 0 Å². The quantitative estimate of drug-likeness (QED) is 0.0355. The van der Waals surface area contributed by atoms with E-state index in [0.29, 0.717) is 19.3 Å². The van der Waals surface area contributed by atoms with Crippen LogP contribution in [-0.2, 0) is 28.6 Å². The van der Waals surface area contributed by atoms with E-state index in [1.54, 1.807) is 0 Å². The molecule has 52 heavy (non-hydrogen) atoms. The molecule has 0 aliphatic heterocycles. The summed E-state index contributed by atoms with van der Waals surface area (Å²) in [5.41, 5.74) is 0. The van der Waals surface area contributed by atoms with Gasteiger partial charge in [0.1, 0.15) is 13.2 Å². The maximum absolute atomic E-state index is 12.7. The molecule has 0 bridgehead atoms. The highest BCUT2D eigenvalue weighted by molar-refractivity contribution is 5.71. The Morgan fingerprint density at radius 3 is 1.00 bits per heavy atom. The van der Waals surface area contributed by atoms with Crippen LogP contribution in [-0.4, -0.2) is 37.2 Å². The maximum Gasteiger partial charge on any atom is 0.306 e. The van der Waals surface area contributed by atoms with E-state index in [4.69, 9.17) is 14.2 Å². The molecule has 0 aromatic heterocycles. The van der Waals surface area contributed by atoms with Crippen molar-refractivity contribution in [3.8, 4) is 0 Å². The molecule has 0 saturated heterocycles. The van der Waals surface area contributed by atoms with E-state index in [-0.39, 0.29) is 31.1 Å². The van der Waals surface area contributed by atoms with Crippen molar-refractivity contribution in [2.24, 2.45) is 17.8 Å². The summed E-state index contributed by atoms with van der Waals surface area (Å²) in [4.78, 5) is 37.6. The summed E-state index contributed by atoms with van der Waals surface area (Å²) in [6.07, 6.45) is 33.9. The molecule has 0 aromatic rings. The zero-order valence-corrected chi connectivity index (χ0v) is 35.6. The van der Waals surface area contributed by atoms with Crippen molar-refractivity contribution >= 4 is 17.9 Å². The number of rotatable bonds is 39. The first-order valence-electron chi connectivity index (χ1n) is 22.6. The first kappa shape index (κ1) is 50.4. The van der Waals surface area contributed by atoms with Gasteiger partial charge in [-0.05, 0) is 37.0 Å². The topological polar surface area (TPSA) is 78.9 Å². The molecule has 0 aliphatic carbocycles. The third-order valence-electron chi connectivity index (χ3n) is 10.5. The molecule has 0 aromatic carbocycles. The fourth-order valence-corrected chi connectivity index (χ4v) is 6.67. The van der Waals surface area contributed by atoms with Gasteiger partial charge in [0.25, 0.3) is 0 Å². The second-order valence-corrected chi connectivity index (χ2v) is 16.9. The SMILES string of the molecule is CCC(C)CCCCCCCCC(=O)OC[C@H](COC(=O)CCCCCCCCCCCCCCC(C)C)OC(=O)CCCCCCCCC(C)C. The molecule has 1 unspecified atom stereocenters. The minimum absolute atomic E-state index is 0.0674. The third kappa shape index (κ3) is 38.1. The molecular weight excluding hydrogens is 648 g/mol. The maximum atomic E-state index is 12.7. The van der Waals surface area contributed by atoms with Crippen LogP contribution < -0.4 is 0 Å². The lowest BCUT2D eigenvalue weighted by atomic mass is 10.00. The minimum Gasteiger partial charge on any atom is -0.462 e. The molecule has 2 atom stereocenters. The van der Waals surface area contributed by atoms with Gasteiger partial charge in [0.15, 0.2) is 6.10 Å². The number of carbonyl (C=O) groups excluding carboxylic acids is 3. The third-order valence-corrected chi connectivity index (χ3v) is 10.5. The van der Waals surface area contributed by atoms with Gasteiger partial charge in [-0.1, -0.05) is 202 Å². The van der Waals surface area contributed by atoms with E-state index < -0.39 is 6.10 Å². The fourth-order valence-electron chi connectivity index (χ4n) is 6.67. The van der Waals surface area contributed by atoms with Gasteiger partial charge in [0.05, 0.1) is 0 Å². The smallest absolute Gasteiger partial charge is 0.306 e. The van der Waals surface area contributed by atoms with Gasteiger partial charge in [-0.2, -0.15) is 0 Å². The summed E-state index contributed by atoms with van der Waals surface area (Å²) in [5.74, 6) is 1.54. The Balaban J connectivity index is 4.30. The average molecular weight is 737 g/mol. The summed E-state index contributed by atoms with van der Waals surface area (Å²) >= 11 is 0. The number of carbonyl (C=O) groups is 3. The summed E-state index contributed by atoms with van der Waals surface area (Å²) < 4.78 is 16.7. The number of unbranched alkanes of at least 4 members (excludes halogenated alkanes) is 21. The van der Waals surface area contributed by atoms with Crippen molar-refractivity contribution in [2.75, 3.05) is 13.2 Å². The van der Waals surface area contributed by atoms with Crippen LogP contribution in [0.4, 0.5) is 0 Å². The molecule has 0 N–H and O–H groups in total. The average Bonchev–Trinajstić information content (AvgIpc) is 3.11. The summed E-state index contributed by atoms with van der Waals surface area (Å²) in [6, 6.07) is 0. The number of ether oxygens (including phenoxy) is 3. The Labute approximate surface area is 323 Å². The molecule has 0 rings (SSSR count). The summed E-state index contributed by atoms with van der Waals surface area (Å²) in [5, 5.41) is 0. The fraction of sp³-hybridized carbons (Fsp3) is 0.935. The molecule has 308 valence electrons. The Kier molecular flexibility index (Phi) is 36.6. The van der Waals surface area contributed by atoms with Crippen LogP contribution >= 0.6 is 0 Å². The molecule has 0 spiro atoms. The summed E-state index contributed by atoms with van der Waals surface area (Å²) in [7, 11) is 0. The second kappa shape index (κ2) is 37.7.